The Morgan fingerprint density at radius 1 is 1.44 bits per heavy atom. The van der Waals surface area contributed by atoms with Crippen LogP contribution in [-0.4, -0.2) is 43.4 Å². The molecule has 1 N–H and O–H groups in total. The highest BCUT2D eigenvalue weighted by Crippen LogP contribution is 2.29. The molecule has 0 bridgehead atoms. The average molecular weight is 252 g/mol. The highest BCUT2D eigenvalue weighted by molar-refractivity contribution is 6.02. The smallest absolute Gasteiger partial charge is 0.203 e. The first-order valence-electron chi connectivity index (χ1n) is 5.89. The Morgan fingerprint density at radius 3 is 3.06 bits per heavy atom. The Balaban J connectivity index is 1.89. The Kier molecular flexibility index (Phi) is 4.17. The van der Waals surface area contributed by atoms with Crippen molar-refractivity contribution < 1.29 is 24.1 Å². The molecular formula is C13H16O5. The predicted molar refractivity (Wildman–Crippen MR) is 64.3 cm³/mol. The molecule has 1 aromatic rings. The van der Waals surface area contributed by atoms with Crippen molar-refractivity contribution in [3.05, 3.63) is 23.8 Å². The summed E-state index contributed by atoms with van der Waals surface area (Å²) in [5.41, 5.74) is 0.581. The van der Waals surface area contributed by atoms with Crippen LogP contribution in [0.25, 0.3) is 0 Å². The lowest BCUT2D eigenvalue weighted by atomic mass is 10.1. The van der Waals surface area contributed by atoms with Gasteiger partial charge in [-0.2, -0.15) is 0 Å². The summed E-state index contributed by atoms with van der Waals surface area (Å²) in [7, 11) is 0. The zero-order valence-corrected chi connectivity index (χ0v) is 10.2. The molecule has 0 saturated heterocycles. The first-order valence-corrected chi connectivity index (χ1v) is 5.89. The molecule has 0 aromatic heterocycles. The fourth-order valence-electron chi connectivity index (χ4n) is 1.66. The summed E-state index contributed by atoms with van der Waals surface area (Å²) in [6.07, 6.45) is -0.666. The molecule has 5 nitrogen and oxygen atoms in total. The third-order valence-corrected chi connectivity index (χ3v) is 2.57. The summed E-state index contributed by atoms with van der Waals surface area (Å²) in [5, 5.41) is 9.54. The van der Waals surface area contributed by atoms with Crippen molar-refractivity contribution in [1.82, 2.24) is 0 Å². The van der Waals surface area contributed by atoms with Crippen LogP contribution in [-0.2, 0) is 4.74 Å². The van der Waals surface area contributed by atoms with Crippen LogP contribution in [0, 0.1) is 0 Å². The van der Waals surface area contributed by atoms with Gasteiger partial charge >= 0.3 is 0 Å². The first kappa shape index (κ1) is 12.9. The van der Waals surface area contributed by atoms with E-state index in [0.717, 1.165) is 0 Å². The van der Waals surface area contributed by atoms with Gasteiger partial charge in [-0.15, -0.1) is 0 Å². The van der Waals surface area contributed by atoms with Crippen molar-refractivity contribution in [2.75, 3.05) is 26.4 Å². The number of rotatable bonds is 6. The Bertz CT molecular complexity index is 429. The van der Waals surface area contributed by atoms with Crippen molar-refractivity contribution in [2.24, 2.45) is 0 Å². The van der Waals surface area contributed by atoms with Gasteiger partial charge in [0.2, 0.25) is 5.78 Å². The van der Waals surface area contributed by atoms with Crippen LogP contribution >= 0.6 is 0 Å². The Labute approximate surface area is 105 Å². The zero-order valence-electron chi connectivity index (χ0n) is 10.2. The third-order valence-electron chi connectivity index (χ3n) is 2.57. The van der Waals surface area contributed by atoms with Crippen molar-refractivity contribution in [2.45, 2.75) is 13.0 Å². The van der Waals surface area contributed by atoms with E-state index in [1.165, 1.54) is 0 Å². The molecule has 1 atom stereocenters. The first-order chi connectivity index (χ1) is 8.70. The van der Waals surface area contributed by atoms with Gasteiger partial charge in [-0.3, -0.25) is 4.79 Å². The molecule has 0 aliphatic carbocycles. The lowest BCUT2D eigenvalue weighted by Crippen LogP contribution is -2.23. The number of fused-ring (bicyclic) bond motifs is 1. The maximum Gasteiger partial charge on any atom is 0.203 e. The topological polar surface area (TPSA) is 65.0 Å². The van der Waals surface area contributed by atoms with E-state index in [0.29, 0.717) is 23.7 Å². The number of hydrogen-bond acceptors (Lipinski definition) is 5. The second-order valence-corrected chi connectivity index (χ2v) is 3.99. The van der Waals surface area contributed by atoms with Crippen molar-refractivity contribution in [3.8, 4) is 11.5 Å². The molecule has 0 spiro atoms. The minimum absolute atomic E-state index is 0.0204. The van der Waals surface area contributed by atoms with Gasteiger partial charge in [0.05, 0.1) is 12.2 Å². The van der Waals surface area contributed by atoms with Gasteiger partial charge in [-0.1, -0.05) is 0 Å². The number of Topliss-reactive ketones (excluding diaryl/α,β-unsaturated/α-hetero) is 1. The van der Waals surface area contributed by atoms with E-state index >= 15 is 0 Å². The van der Waals surface area contributed by atoms with E-state index in [-0.39, 0.29) is 25.6 Å². The van der Waals surface area contributed by atoms with Gasteiger partial charge in [0.15, 0.2) is 6.61 Å². The van der Waals surface area contributed by atoms with Crippen LogP contribution in [0.15, 0.2) is 18.2 Å². The van der Waals surface area contributed by atoms with Gasteiger partial charge in [0, 0.05) is 12.7 Å². The maximum atomic E-state index is 11.3. The second-order valence-electron chi connectivity index (χ2n) is 3.99. The second kappa shape index (κ2) is 5.84. The molecule has 2 rings (SSSR count). The van der Waals surface area contributed by atoms with Crippen LogP contribution in [0.4, 0.5) is 0 Å². The summed E-state index contributed by atoms with van der Waals surface area (Å²) >= 11 is 0. The summed E-state index contributed by atoms with van der Waals surface area (Å²) in [5.74, 6) is 1.09. The number of carbonyl (C=O) groups excluding carboxylic acids is 1. The Morgan fingerprint density at radius 2 is 2.28 bits per heavy atom. The van der Waals surface area contributed by atoms with E-state index in [1.54, 1.807) is 18.2 Å². The van der Waals surface area contributed by atoms with Gasteiger partial charge in [-0.25, -0.2) is 0 Å². The molecular weight excluding hydrogens is 236 g/mol. The molecule has 1 unspecified atom stereocenters. The van der Waals surface area contributed by atoms with Crippen molar-refractivity contribution in [1.29, 1.82) is 0 Å². The third kappa shape index (κ3) is 3.00. The van der Waals surface area contributed by atoms with E-state index in [2.05, 4.69) is 0 Å². The van der Waals surface area contributed by atoms with E-state index in [1.807, 2.05) is 6.92 Å². The number of ketones is 1. The lowest BCUT2D eigenvalue weighted by molar-refractivity contribution is 0.0164. The SMILES string of the molecule is CCOCC(O)COc1ccc2c(c1)OCC2=O. The number of aliphatic hydroxyl groups excluding tert-OH is 1. The molecule has 18 heavy (non-hydrogen) atoms. The largest absolute Gasteiger partial charge is 0.491 e. The quantitative estimate of drug-likeness (QED) is 0.819. The molecule has 0 saturated carbocycles. The van der Waals surface area contributed by atoms with Crippen molar-refractivity contribution in [3.63, 3.8) is 0 Å². The highest BCUT2D eigenvalue weighted by Gasteiger charge is 2.21. The van der Waals surface area contributed by atoms with Crippen LogP contribution in [0.5, 0.6) is 11.5 Å². The summed E-state index contributed by atoms with van der Waals surface area (Å²) in [6.45, 7) is 2.91. The molecule has 1 aliphatic rings. The number of hydrogen-bond donors (Lipinski definition) is 1. The van der Waals surface area contributed by atoms with Crippen LogP contribution in [0.1, 0.15) is 17.3 Å². The molecule has 0 radical (unpaired) electrons. The summed E-state index contributed by atoms with van der Waals surface area (Å²) < 4.78 is 15.7. The summed E-state index contributed by atoms with van der Waals surface area (Å²) in [6, 6.07) is 5.03. The Hall–Kier alpha value is -1.59. The van der Waals surface area contributed by atoms with E-state index in [9.17, 15) is 9.90 Å². The lowest BCUT2D eigenvalue weighted by Gasteiger charge is -2.12. The number of benzene rings is 1. The molecule has 98 valence electrons. The standard InChI is InChI=1S/C13H16O5/c1-2-16-6-9(14)7-17-10-3-4-11-12(15)8-18-13(11)5-10/h3-5,9,14H,2,6-8H2,1H3. The van der Waals surface area contributed by atoms with Crippen LogP contribution in [0.2, 0.25) is 0 Å². The molecule has 0 amide bonds. The molecule has 1 aromatic carbocycles. The zero-order chi connectivity index (χ0) is 13.0. The normalized spacial score (nSPS) is 15.1. The number of ether oxygens (including phenoxy) is 3. The predicted octanol–water partition coefficient (Wildman–Crippen LogP) is 1.04. The minimum Gasteiger partial charge on any atom is -0.491 e. The van der Waals surface area contributed by atoms with E-state index < -0.39 is 6.10 Å². The fourth-order valence-corrected chi connectivity index (χ4v) is 1.66. The van der Waals surface area contributed by atoms with E-state index in [4.69, 9.17) is 14.2 Å². The fraction of sp³-hybridized carbons (Fsp3) is 0.462. The molecule has 1 heterocycles. The number of carbonyl (C=O) groups is 1. The monoisotopic (exact) mass is 252 g/mol. The summed E-state index contributed by atoms with van der Waals surface area (Å²) in [4.78, 5) is 11.3. The van der Waals surface area contributed by atoms with Gasteiger partial charge < -0.3 is 19.3 Å². The van der Waals surface area contributed by atoms with Gasteiger partial charge in [0.1, 0.15) is 24.2 Å². The van der Waals surface area contributed by atoms with Crippen molar-refractivity contribution >= 4 is 5.78 Å². The minimum atomic E-state index is -0.666. The highest BCUT2D eigenvalue weighted by atomic mass is 16.5. The molecule has 0 fully saturated rings. The molecule has 5 heteroatoms. The van der Waals surface area contributed by atoms with Gasteiger partial charge in [0.25, 0.3) is 0 Å². The number of aliphatic hydroxyl groups is 1. The molecule has 1 aliphatic heterocycles. The van der Waals surface area contributed by atoms with Gasteiger partial charge in [-0.05, 0) is 19.1 Å². The van der Waals surface area contributed by atoms with Crippen LogP contribution in [0.3, 0.4) is 0 Å². The van der Waals surface area contributed by atoms with Crippen LogP contribution < -0.4 is 9.47 Å². The maximum absolute atomic E-state index is 11.3. The average Bonchev–Trinajstić information content (AvgIpc) is 2.75.